The highest BCUT2D eigenvalue weighted by Gasteiger charge is 2.09. The van der Waals surface area contributed by atoms with E-state index in [-0.39, 0.29) is 6.04 Å². The predicted molar refractivity (Wildman–Crippen MR) is 83.0 cm³/mol. The summed E-state index contributed by atoms with van der Waals surface area (Å²) in [6, 6.07) is 6.31. The van der Waals surface area contributed by atoms with E-state index in [1.165, 1.54) is 11.1 Å². The van der Waals surface area contributed by atoms with Gasteiger partial charge in [0.25, 0.3) is 0 Å². The van der Waals surface area contributed by atoms with E-state index in [0.29, 0.717) is 0 Å². The Hall–Kier alpha value is -2.01. The highest BCUT2D eigenvalue weighted by Crippen LogP contribution is 2.27. The number of benzene rings is 1. The topological polar surface area (TPSA) is 59.2 Å². The number of aromatic nitrogens is 2. The zero-order valence-corrected chi connectivity index (χ0v) is 13.1. The number of nitrogens with one attached hydrogen (secondary N) is 2. The molecule has 0 amide bonds. The number of aryl methyl sites for hydroxylation is 1. The molecular formula is C16H23N3O2. The minimum absolute atomic E-state index is 0.281. The largest absolute Gasteiger partial charge is 0.493 e. The van der Waals surface area contributed by atoms with Crippen molar-refractivity contribution < 1.29 is 9.47 Å². The van der Waals surface area contributed by atoms with E-state index < -0.39 is 0 Å². The summed E-state index contributed by atoms with van der Waals surface area (Å²) in [6.45, 7) is 5.07. The van der Waals surface area contributed by atoms with Crippen LogP contribution in [0.1, 0.15) is 29.8 Å². The summed E-state index contributed by atoms with van der Waals surface area (Å²) >= 11 is 0. The second-order valence-corrected chi connectivity index (χ2v) is 5.07. The lowest BCUT2D eigenvalue weighted by atomic mass is 10.1. The van der Waals surface area contributed by atoms with Gasteiger partial charge in [-0.3, -0.25) is 5.10 Å². The van der Waals surface area contributed by atoms with E-state index in [0.717, 1.165) is 30.2 Å². The molecule has 1 aromatic heterocycles. The van der Waals surface area contributed by atoms with Gasteiger partial charge in [0.15, 0.2) is 11.5 Å². The van der Waals surface area contributed by atoms with Crippen LogP contribution in [-0.4, -0.2) is 31.0 Å². The van der Waals surface area contributed by atoms with E-state index >= 15 is 0 Å². The third-order valence-electron chi connectivity index (χ3n) is 3.65. The van der Waals surface area contributed by atoms with Gasteiger partial charge >= 0.3 is 0 Å². The van der Waals surface area contributed by atoms with Crippen molar-refractivity contribution in [3.63, 3.8) is 0 Å². The number of nitrogens with zero attached hydrogens (tertiary/aromatic N) is 1. The van der Waals surface area contributed by atoms with Gasteiger partial charge < -0.3 is 14.8 Å². The first-order valence-electron chi connectivity index (χ1n) is 7.10. The lowest BCUT2D eigenvalue weighted by Crippen LogP contribution is -2.21. The summed E-state index contributed by atoms with van der Waals surface area (Å²) in [6.07, 6.45) is 2.81. The fraction of sp³-hybridized carbons (Fsp3) is 0.438. The third-order valence-corrected chi connectivity index (χ3v) is 3.65. The minimum atomic E-state index is 0.281. The average molecular weight is 289 g/mol. The van der Waals surface area contributed by atoms with Crippen LogP contribution in [0.2, 0.25) is 0 Å². The Morgan fingerprint density at radius 2 is 2.00 bits per heavy atom. The van der Waals surface area contributed by atoms with Crippen LogP contribution in [0.25, 0.3) is 0 Å². The van der Waals surface area contributed by atoms with Crippen molar-refractivity contribution in [2.75, 3.05) is 20.8 Å². The van der Waals surface area contributed by atoms with Crippen molar-refractivity contribution in [1.29, 1.82) is 0 Å². The molecule has 0 spiro atoms. The van der Waals surface area contributed by atoms with Crippen molar-refractivity contribution >= 4 is 0 Å². The molecule has 2 N–H and O–H groups in total. The van der Waals surface area contributed by atoms with Crippen molar-refractivity contribution in [2.24, 2.45) is 0 Å². The second-order valence-electron chi connectivity index (χ2n) is 5.07. The van der Waals surface area contributed by atoms with Gasteiger partial charge in [0.2, 0.25) is 0 Å². The summed E-state index contributed by atoms with van der Waals surface area (Å²) in [5.41, 5.74) is 3.54. The number of H-pyrrole nitrogens is 1. The Morgan fingerprint density at radius 3 is 2.62 bits per heavy atom. The molecule has 0 radical (unpaired) electrons. The molecule has 1 aromatic carbocycles. The summed E-state index contributed by atoms with van der Waals surface area (Å²) in [5.74, 6) is 1.53. The van der Waals surface area contributed by atoms with E-state index in [4.69, 9.17) is 9.47 Å². The molecule has 5 heteroatoms. The van der Waals surface area contributed by atoms with Crippen LogP contribution in [0.4, 0.5) is 0 Å². The molecule has 1 atom stereocenters. The molecule has 0 bridgehead atoms. The lowest BCUT2D eigenvalue weighted by molar-refractivity contribution is 0.354. The number of rotatable bonds is 7. The maximum Gasteiger partial charge on any atom is 0.160 e. The molecule has 114 valence electrons. The zero-order chi connectivity index (χ0) is 15.2. The van der Waals surface area contributed by atoms with Crippen LogP contribution in [0.15, 0.2) is 24.4 Å². The van der Waals surface area contributed by atoms with Gasteiger partial charge in [0.1, 0.15) is 0 Å². The van der Waals surface area contributed by atoms with Crippen LogP contribution in [0.5, 0.6) is 11.5 Å². The Balaban J connectivity index is 1.90. The van der Waals surface area contributed by atoms with E-state index in [9.17, 15) is 0 Å². The molecule has 0 saturated carbocycles. The third kappa shape index (κ3) is 3.76. The lowest BCUT2D eigenvalue weighted by Gasteiger charge is -2.14. The number of methoxy groups -OCH3 is 2. The maximum absolute atomic E-state index is 5.32. The Kier molecular flexibility index (Phi) is 5.22. The van der Waals surface area contributed by atoms with Gasteiger partial charge in [-0.15, -0.1) is 0 Å². The molecule has 0 aliphatic carbocycles. The number of ether oxygens (including phenoxy) is 2. The first-order chi connectivity index (χ1) is 10.2. The molecule has 0 saturated heterocycles. The first kappa shape index (κ1) is 15.4. The molecule has 21 heavy (non-hydrogen) atoms. The fourth-order valence-electron chi connectivity index (χ4n) is 2.38. The molecule has 2 rings (SSSR count). The normalized spacial score (nSPS) is 12.2. The van der Waals surface area contributed by atoms with Crippen molar-refractivity contribution in [1.82, 2.24) is 15.5 Å². The van der Waals surface area contributed by atoms with E-state index in [2.05, 4.69) is 28.5 Å². The summed E-state index contributed by atoms with van der Waals surface area (Å²) in [4.78, 5) is 0. The second kappa shape index (κ2) is 7.13. The van der Waals surface area contributed by atoms with Crippen molar-refractivity contribution in [3.8, 4) is 11.5 Å². The molecule has 5 nitrogen and oxygen atoms in total. The van der Waals surface area contributed by atoms with Crippen molar-refractivity contribution in [3.05, 3.63) is 41.2 Å². The zero-order valence-electron chi connectivity index (χ0n) is 13.1. The number of aromatic amines is 1. The van der Waals surface area contributed by atoms with Crippen molar-refractivity contribution in [2.45, 2.75) is 26.3 Å². The van der Waals surface area contributed by atoms with E-state index in [1.807, 2.05) is 25.3 Å². The molecule has 2 aromatic rings. The van der Waals surface area contributed by atoms with Gasteiger partial charge in [0.05, 0.1) is 20.4 Å². The fourth-order valence-corrected chi connectivity index (χ4v) is 2.38. The van der Waals surface area contributed by atoms with Gasteiger partial charge in [-0.1, -0.05) is 6.07 Å². The monoisotopic (exact) mass is 289 g/mol. The van der Waals surface area contributed by atoms with Gasteiger partial charge in [0, 0.05) is 17.3 Å². The molecular weight excluding hydrogens is 266 g/mol. The molecule has 0 aliphatic rings. The standard InChI is InChI=1S/C16H23N3O2/c1-11(14-10-18-19-12(14)2)17-8-7-13-5-6-15(20-3)16(9-13)21-4/h5-6,9-11,17H,7-8H2,1-4H3,(H,18,19)/t11-/m0/s1. The summed E-state index contributed by atoms with van der Waals surface area (Å²) in [7, 11) is 3.30. The predicted octanol–water partition coefficient (Wildman–Crippen LogP) is 2.63. The Morgan fingerprint density at radius 1 is 1.24 bits per heavy atom. The highest BCUT2D eigenvalue weighted by atomic mass is 16.5. The SMILES string of the molecule is COc1ccc(CCN[C@@H](C)c2cn[nH]c2C)cc1OC. The quantitative estimate of drug-likeness (QED) is 0.822. The first-order valence-corrected chi connectivity index (χ1v) is 7.10. The smallest absolute Gasteiger partial charge is 0.160 e. The molecule has 0 aliphatic heterocycles. The van der Waals surface area contributed by atoms with Crippen LogP contribution in [0.3, 0.4) is 0 Å². The van der Waals surface area contributed by atoms with Gasteiger partial charge in [-0.25, -0.2) is 0 Å². The molecule has 0 unspecified atom stereocenters. The Labute approximate surface area is 125 Å². The van der Waals surface area contributed by atoms with Crippen LogP contribution < -0.4 is 14.8 Å². The van der Waals surface area contributed by atoms with Crippen LogP contribution in [-0.2, 0) is 6.42 Å². The van der Waals surface area contributed by atoms with Gasteiger partial charge in [-0.05, 0) is 44.5 Å². The van der Waals surface area contributed by atoms with Crippen LogP contribution >= 0.6 is 0 Å². The van der Waals surface area contributed by atoms with E-state index in [1.54, 1.807) is 14.2 Å². The highest BCUT2D eigenvalue weighted by molar-refractivity contribution is 5.42. The summed E-state index contributed by atoms with van der Waals surface area (Å²) in [5, 5.41) is 10.5. The minimum Gasteiger partial charge on any atom is -0.493 e. The summed E-state index contributed by atoms with van der Waals surface area (Å²) < 4.78 is 10.6. The number of hydrogen-bond acceptors (Lipinski definition) is 4. The number of hydrogen-bond donors (Lipinski definition) is 2. The maximum atomic E-state index is 5.32. The molecule has 0 fully saturated rings. The van der Waals surface area contributed by atoms with Gasteiger partial charge in [-0.2, -0.15) is 5.10 Å². The average Bonchev–Trinajstić information content (AvgIpc) is 2.93. The molecule has 1 heterocycles. The Bertz CT molecular complexity index is 581. The van der Waals surface area contributed by atoms with Crippen LogP contribution in [0, 0.1) is 6.92 Å².